The molecule has 0 amide bonds. The average Bonchev–Trinajstić information content (AvgIpc) is 3.02. The van der Waals surface area contributed by atoms with Crippen LogP contribution in [0.2, 0.25) is 0 Å². The molecule has 0 bridgehead atoms. The summed E-state index contributed by atoms with van der Waals surface area (Å²) in [5.74, 6) is -5.53. The number of alkyl halides is 2. The molecule has 0 aliphatic heterocycles. The van der Waals surface area contributed by atoms with Gasteiger partial charge in [-0.2, -0.15) is 8.78 Å². The number of hydrogen-bond donors (Lipinski definition) is 1. The smallest absolute Gasteiger partial charge is 0.330 e. The summed E-state index contributed by atoms with van der Waals surface area (Å²) in [5, 5.41) is 10.3. The van der Waals surface area contributed by atoms with Crippen LogP contribution in [-0.4, -0.2) is 40.8 Å². The Morgan fingerprint density at radius 1 is 1.09 bits per heavy atom. The molecule has 7 heteroatoms. The molecule has 1 rings (SSSR count). The number of halogens is 2. The standard InChI is InChI=1S/C27H44F2O5/c1-4-5-6-13-18-27(28,29)25(32)17-16-22-21(23(30)19-24(22)31)14-11-9-7-8-10-12-15-26(33)34-20(2)3/h12,15,20-22,24,31H,4-11,13-14,16-19H2,1-3H3/b15-12+/t21?,22-,24?/m1/s1. The Morgan fingerprint density at radius 3 is 2.44 bits per heavy atom. The fourth-order valence-corrected chi connectivity index (χ4v) is 4.61. The Hall–Kier alpha value is -1.63. The van der Waals surface area contributed by atoms with Gasteiger partial charge >= 0.3 is 11.9 Å². The van der Waals surface area contributed by atoms with Crippen molar-refractivity contribution in [2.45, 2.75) is 129 Å². The molecule has 0 aromatic carbocycles. The van der Waals surface area contributed by atoms with Crippen molar-refractivity contribution in [1.82, 2.24) is 0 Å². The van der Waals surface area contributed by atoms with Crippen molar-refractivity contribution in [2.75, 3.05) is 0 Å². The van der Waals surface area contributed by atoms with Crippen molar-refractivity contribution in [3.63, 3.8) is 0 Å². The third-order valence-electron chi connectivity index (χ3n) is 6.53. The first-order chi connectivity index (χ1) is 16.1. The van der Waals surface area contributed by atoms with Gasteiger partial charge < -0.3 is 9.84 Å². The topological polar surface area (TPSA) is 80.7 Å². The highest BCUT2D eigenvalue weighted by Gasteiger charge is 2.43. The van der Waals surface area contributed by atoms with E-state index >= 15 is 0 Å². The fraction of sp³-hybridized carbons (Fsp3) is 0.815. The quantitative estimate of drug-likeness (QED) is 0.139. The molecule has 0 heterocycles. The van der Waals surface area contributed by atoms with Crippen LogP contribution >= 0.6 is 0 Å². The molecule has 34 heavy (non-hydrogen) atoms. The van der Waals surface area contributed by atoms with E-state index in [4.69, 9.17) is 4.74 Å². The zero-order valence-electron chi connectivity index (χ0n) is 21.2. The molecular weight excluding hydrogens is 442 g/mol. The molecule has 1 aliphatic rings. The zero-order chi connectivity index (χ0) is 25.6. The Labute approximate surface area is 203 Å². The van der Waals surface area contributed by atoms with Gasteiger partial charge in [-0.1, -0.05) is 51.5 Å². The average molecular weight is 487 g/mol. The van der Waals surface area contributed by atoms with E-state index < -0.39 is 30.1 Å². The number of ether oxygens (including phenoxy) is 1. The molecule has 0 radical (unpaired) electrons. The summed E-state index contributed by atoms with van der Waals surface area (Å²) >= 11 is 0. The van der Waals surface area contributed by atoms with Gasteiger partial charge in [0.1, 0.15) is 5.78 Å². The number of esters is 1. The molecule has 0 aromatic rings. The SMILES string of the molecule is CCCCCCC(F)(F)C(=O)CC[C@H]1C(O)CC(=O)C1CCCCCC/C=C/C(=O)OC(C)C. The molecule has 0 spiro atoms. The van der Waals surface area contributed by atoms with Gasteiger partial charge in [0.25, 0.3) is 0 Å². The number of unbranched alkanes of at least 4 members (excludes halogenated alkanes) is 7. The maximum absolute atomic E-state index is 14.2. The first-order valence-electron chi connectivity index (χ1n) is 13.1. The van der Waals surface area contributed by atoms with E-state index in [1.165, 1.54) is 6.08 Å². The summed E-state index contributed by atoms with van der Waals surface area (Å²) in [7, 11) is 0. The van der Waals surface area contributed by atoms with E-state index in [-0.39, 0.29) is 43.0 Å². The minimum Gasteiger partial charge on any atom is -0.460 e. The Balaban J connectivity index is 2.35. The van der Waals surface area contributed by atoms with E-state index in [1.807, 2.05) is 6.92 Å². The number of aliphatic hydroxyl groups excluding tert-OH is 1. The first kappa shape index (κ1) is 30.4. The summed E-state index contributed by atoms with van der Waals surface area (Å²) < 4.78 is 33.3. The molecule has 1 N–H and O–H groups in total. The number of carbonyl (C=O) groups is 3. The highest BCUT2D eigenvalue weighted by molar-refractivity contribution is 5.86. The van der Waals surface area contributed by atoms with E-state index in [9.17, 15) is 28.3 Å². The Kier molecular flexibility index (Phi) is 14.4. The maximum atomic E-state index is 14.2. The van der Waals surface area contributed by atoms with Crippen LogP contribution in [0.5, 0.6) is 0 Å². The van der Waals surface area contributed by atoms with Gasteiger partial charge in [0.05, 0.1) is 12.2 Å². The molecule has 0 aromatic heterocycles. The minimum absolute atomic E-state index is 0.0251. The van der Waals surface area contributed by atoms with Crippen molar-refractivity contribution < 1.29 is 33.0 Å². The number of carbonyl (C=O) groups excluding carboxylic acids is 3. The second kappa shape index (κ2) is 16.1. The molecule has 1 aliphatic carbocycles. The zero-order valence-corrected chi connectivity index (χ0v) is 21.2. The Bertz CT molecular complexity index is 659. The van der Waals surface area contributed by atoms with E-state index in [0.717, 1.165) is 44.9 Å². The van der Waals surface area contributed by atoms with Gasteiger partial charge in [-0.3, -0.25) is 9.59 Å². The summed E-state index contributed by atoms with van der Waals surface area (Å²) in [5.41, 5.74) is 0. The molecule has 2 unspecified atom stereocenters. The van der Waals surface area contributed by atoms with Crippen molar-refractivity contribution in [3.05, 3.63) is 12.2 Å². The minimum atomic E-state index is -3.32. The second-order valence-corrected chi connectivity index (χ2v) is 9.86. The summed E-state index contributed by atoms with van der Waals surface area (Å²) in [4.78, 5) is 35.9. The van der Waals surface area contributed by atoms with Crippen molar-refractivity contribution in [1.29, 1.82) is 0 Å². The van der Waals surface area contributed by atoms with Crippen molar-refractivity contribution in [3.8, 4) is 0 Å². The second-order valence-electron chi connectivity index (χ2n) is 9.86. The van der Waals surface area contributed by atoms with Crippen LogP contribution < -0.4 is 0 Å². The molecule has 5 nitrogen and oxygen atoms in total. The molecule has 3 atom stereocenters. The predicted molar refractivity (Wildman–Crippen MR) is 129 cm³/mol. The van der Waals surface area contributed by atoms with Gasteiger partial charge in [-0.25, -0.2) is 4.79 Å². The summed E-state index contributed by atoms with van der Waals surface area (Å²) in [6, 6.07) is 0. The third kappa shape index (κ3) is 11.7. The van der Waals surface area contributed by atoms with Gasteiger partial charge in [0.2, 0.25) is 5.78 Å². The van der Waals surface area contributed by atoms with Crippen molar-refractivity contribution in [2.24, 2.45) is 11.8 Å². The summed E-state index contributed by atoms with van der Waals surface area (Å²) in [6.07, 6.45) is 9.53. The Morgan fingerprint density at radius 2 is 1.76 bits per heavy atom. The number of ketones is 2. The number of allylic oxidation sites excluding steroid dienone is 1. The lowest BCUT2D eigenvalue weighted by Gasteiger charge is -2.22. The van der Waals surface area contributed by atoms with Crippen molar-refractivity contribution >= 4 is 17.5 Å². The lowest BCUT2D eigenvalue weighted by molar-refractivity contribution is -0.144. The van der Waals surface area contributed by atoms with Crippen LogP contribution in [0.4, 0.5) is 8.78 Å². The van der Waals surface area contributed by atoms with E-state index in [1.54, 1.807) is 19.9 Å². The van der Waals surface area contributed by atoms with Gasteiger partial charge in [0, 0.05) is 31.3 Å². The molecule has 1 saturated carbocycles. The number of rotatable bonds is 18. The fourth-order valence-electron chi connectivity index (χ4n) is 4.61. The van der Waals surface area contributed by atoms with Crippen LogP contribution in [0, 0.1) is 11.8 Å². The van der Waals surface area contributed by atoms with Gasteiger partial charge in [-0.15, -0.1) is 0 Å². The monoisotopic (exact) mass is 486 g/mol. The van der Waals surface area contributed by atoms with Crippen LogP contribution in [0.1, 0.15) is 111 Å². The van der Waals surface area contributed by atoms with Crippen LogP contribution in [-0.2, 0) is 19.1 Å². The summed E-state index contributed by atoms with van der Waals surface area (Å²) in [6.45, 7) is 5.60. The first-order valence-corrected chi connectivity index (χ1v) is 13.1. The molecule has 1 fully saturated rings. The lowest BCUT2D eigenvalue weighted by Crippen LogP contribution is -2.30. The largest absolute Gasteiger partial charge is 0.460 e. The molecule has 196 valence electrons. The third-order valence-corrected chi connectivity index (χ3v) is 6.53. The highest BCUT2D eigenvalue weighted by Crippen LogP contribution is 2.37. The molecule has 0 saturated heterocycles. The van der Waals surface area contributed by atoms with E-state index in [2.05, 4.69) is 0 Å². The van der Waals surface area contributed by atoms with Crippen LogP contribution in [0.3, 0.4) is 0 Å². The highest BCUT2D eigenvalue weighted by atomic mass is 19.3. The number of Topliss-reactive ketones (excluding diaryl/α,β-unsaturated/α-hetero) is 2. The van der Waals surface area contributed by atoms with Gasteiger partial charge in [-0.05, 0) is 51.9 Å². The van der Waals surface area contributed by atoms with E-state index in [0.29, 0.717) is 19.3 Å². The number of hydrogen-bond acceptors (Lipinski definition) is 5. The molecular formula is C27H44F2O5. The van der Waals surface area contributed by atoms with Gasteiger partial charge in [0.15, 0.2) is 0 Å². The number of aliphatic hydroxyl groups is 1. The lowest BCUT2D eigenvalue weighted by atomic mass is 9.85. The predicted octanol–water partition coefficient (Wildman–Crippen LogP) is 6.36. The normalized spacial score (nSPS) is 21.0. The van der Waals surface area contributed by atoms with Crippen LogP contribution in [0.25, 0.3) is 0 Å². The van der Waals surface area contributed by atoms with Crippen LogP contribution in [0.15, 0.2) is 12.2 Å². The maximum Gasteiger partial charge on any atom is 0.330 e.